The van der Waals surface area contributed by atoms with Crippen LogP contribution in [-0.4, -0.2) is 80.1 Å². The zero-order valence-corrected chi connectivity index (χ0v) is 26.1. The Morgan fingerprint density at radius 1 is 1.11 bits per heavy atom. The Kier molecular flexibility index (Phi) is 9.87. The molecule has 14 nitrogen and oxygen atoms in total. The summed E-state index contributed by atoms with van der Waals surface area (Å²) >= 11 is 0. The number of methoxy groups -OCH3 is 1. The number of nitrogens with zero attached hydrogens (tertiary/aromatic N) is 4. The van der Waals surface area contributed by atoms with Crippen LogP contribution in [0.2, 0.25) is 0 Å². The maximum Gasteiger partial charge on any atom is 0.279 e. The zero-order chi connectivity index (χ0) is 32.8. The van der Waals surface area contributed by atoms with Gasteiger partial charge in [-0.05, 0) is 41.8 Å². The molecule has 2 aromatic carbocycles. The first-order valence-electron chi connectivity index (χ1n) is 14.3. The summed E-state index contributed by atoms with van der Waals surface area (Å²) in [6, 6.07) is 8.12. The number of halogens is 1. The van der Waals surface area contributed by atoms with Crippen LogP contribution in [0.3, 0.4) is 0 Å². The second kappa shape index (κ2) is 14.0. The van der Waals surface area contributed by atoms with E-state index >= 15 is 0 Å². The average molecular weight is 657 g/mol. The Morgan fingerprint density at radius 2 is 1.89 bits per heavy atom. The highest BCUT2D eigenvalue weighted by molar-refractivity contribution is 7.92. The summed E-state index contributed by atoms with van der Waals surface area (Å²) in [6.45, 7) is 6.59. The van der Waals surface area contributed by atoms with Gasteiger partial charge in [-0.3, -0.25) is 19.0 Å². The van der Waals surface area contributed by atoms with Crippen molar-refractivity contribution in [3.05, 3.63) is 71.8 Å². The molecule has 1 fully saturated rings. The van der Waals surface area contributed by atoms with Crippen molar-refractivity contribution < 1.29 is 41.1 Å². The summed E-state index contributed by atoms with van der Waals surface area (Å²) in [5.74, 6) is -2.05. The summed E-state index contributed by atoms with van der Waals surface area (Å²) in [5, 5.41) is 10.9. The number of sulfonamides is 1. The molecule has 0 bridgehead atoms. The van der Waals surface area contributed by atoms with E-state index < -0.39 is 21.8 Å². The molecule has 244 valence electrons. The van der Waals surface area contributed by atoms with Gasteiger partial charge in [-0.25, -0.2) is 12.8 Å². The lowest BCUT2D eigenvalue weighted by atomic mass is 10.1. The largest absolute Gasteiger partial charge is 0.496 e. The topological polar surface area (TPSA) is 167 Å². The Balaban J connectivity index is 1.35. The lowest BCUT2D eigenvalue weighted by Crippen LogP contribution is -2.43. The number of nitrogens with one attached hydrogen (secondary N) is 2. The monoisotopic (exact) mass is 656 g/mol. The third kappa shape index (κ3) is 7.46. The molecule has 0 unspecified atom stereocenters. The number of aromatic nitrogens is 3. The number of rotatable bonds is 13. The molecule has 5 rings (SSSR count). The minimum Gasteiger partial charge on any atom is -0.496 e. The lowest BCUT2D eigenvalue weighted by molar-refractivity contribution is -0.137. The van der Waals surface area contributed by atoms with Gasteiger partial charge in [0, 0.05) is 31.4 Å². The lowest BCUT2D eigenvalue weighted by Gasteiger charge is -2.26. The van der Waals surface area contributed by atoms with Crippen molar-refractivity contribution in [3.8, 4) is 11.5 Å². The average Bonchev–Trinajstić information content (AvgIpc) is 3.68. The summed E-state index contributed by atoms with van der Waals surface area (Å²) in [6.07, 6.45) is 3.78. The Morgan fingerprint density at radius 3 is 2.61 bits per heavy atom. The number of hydrogen-bond donors (Lipinski definition) is 2. The van der Waals surface area contributed by atoms with E-state index in [1.807, 2.05) is 6.92 Å². The van der Waals surface area contributed by atoms with Crippen LogP contribution in [0.1, 0.15) is 23.6 Å². The highest BCUT2D eigenvalue weighted by Crippen LogP contribution is 2.36. The maximum absolute atomic E-state index is 13.7. The fourth-order valence-electron chi connectivity index (χ4n) is 4.79. The smallest absolute Gasteiger partial charge is 0.279 e. The number of morpholine rings is 1. The molecule has 0 aliphatic carbocycles. The van der Waals surface area contributed by atoms with Gasteiger partial charge < -0.3 is 29.0 Å². The minimum atomic E-state index is -4.28. The number of aryl methyl sites for hydroxylation is 1. The summed E-state index contributed by atoms with van der Waals surface area (Å²) < 4.78 is 66.5. The predicted molar refractivity (Wildman–Crippen MR) is 164 cm³/mol. The van der Waals surface area contributed by atoms with E-state index in [9.17, 15) is 22.4 Å². The van der Waals surface area contributed by atoms with Gasteiger partial charge in [0.25, 0.3) is 21.8 Å². The minimum absolute atomic E-state index is 0.0149. The van der Waals surface area contributed by atoms with Crippen LogP contribution in [0.15, 0.2) is 64.5 Å². The van der Waals surface area contributed by atoms with E-state index in [1.54, 1.807) is 34.0 Å². The summed E-state index contributed by atoms with van der Waals surface area (Å²) in [5.41, 5.74) is 2.33. The van der Waals surface area contributed by atoms with Crippen LogP contribution < -0.4 is 19.5 Å². The second-order valence-electron chi connectivity index (χ2n) is 10.4. The number of ether oxygens (including phenoxy) is 3. The molecule has 0 atom stereocenters. The third-order valence-electron chi connectivity index (χ3n) is 7.20. The number of benzene rings is 2. The molecule has 0 spiro atoms. The Labute approximate surface area is 264 Å². The molecular weight excluding hydrogens is 623 g/mol. The Hall–Kier alpha value is -4.96. The normalized spacial score (nSPS) is 13.4. The SMILES string of the molecule is C=C(F)C(=O)NCc1cnn(Cc2cc(OC)c3c(NS(=O)(=O)c4cc(CC)ccc4OCC(=O)N4CCOCC4)noc3c2)c1. The van der Waals surface area contributed by atoms with Gasteiger partial charge in [-0.1, -0.05) is 24.7 Å². The maximum atomic E-state index is 13.7. The summed E-state index contributed by atoms with van der Waals surface area (Å²) in [4.78, 5) is 25.5. The number of hydrogen-bond acceptors (Lipinski definition) is 10. The van der Waals surface area contributed by atoms with Crippen LogP contribution >= 0.6 is 0 Å². The fourth-order valence-corrected chi connectivity index (χ4v) is 5.99. The molecular formula is C30H33FN6O8S. The van der Waals surface area contributed by atoms with Gasteiger partial charge in [0.1, 0.15) is 21.8 Å². The van der Waals surface area contributed by atoms with Crippen molar-refractivity contribution in [1.82, 2.24) is 25.2 Å². The zero-order valence-electron chi connectivity index (χ0n) is 25.2. The molecule has 2 aromatic heterocycles. The van der Waals surface area contributed by atoms with Crippen LogP contribution in [0.5, 0.6) is 11.5 Å². The van der Waals surface area contributed by atoms with E-state index in [1.165, 1.54) is 25.4 Å². The molecule has 3 heterocycles. The van der Waals surface area contributed by atoms with Crippen molar-refractivity contribution >= 4 is 38.6 Å². The predicted octanol–water partition coefficient (Wildman–Crippen LogP) is 2.78. The molecule has 2 N–H and O–H groups in total. The highest BCUT2D eigenvalue weighted by Gasteiger charge is 2.26. The van der Waals surface area contributed by atoms with Crippen molar-refractivity contribution in [1.29, 1.82) is 0 Å². The molecule has 46 heavy (non-hydrogen) atoms. The molecule has 1 aliphatic rings. The molecule has 0 radical (unpaired) electrons. The number of anilines is 1. The number of fused-ring (bicyclic) bond motifs is 1. The van der Waals surface area contributed by atoms with E-state index in [4.69, 9.17) is 18.7 Å². The van der Waals surface area contributed by atoms with Crippen molar-refractivity contribution in [2.75, 3.05) is 44.7 Å². The van der Waals surface area contributed by atoms with E-state index in [0.29, 0.717) is 55.0 Å². The quantitative estimate of drug-likeness (QED) is 0.204. The number of amides is 2. The van der Waals surface area contributed by atoms with Gasteiger partial charge >= 0.3 is 0 Å². The van der Waals surface area contributed by atoms with E-state index in [0.717, 1.165) is 5.56 Å². The van der Waals surface area contributed by atoms with Gasteiger partial charge in [-0.15, -0.1) is 0 Å². The van der Waals surface area contributed by atoms with Gasteiger partial charge in [-0.2, -0.15) is 5.10 Å². The molecule has 4 aromatic rings. The first-order chi connectivity index (χ1) is 22.1. The van der Waals surface area contributed by atoms with Crippen molar-refractivity contribution in [3.63, 3.8) is 0 Å². The van der Waals surface area contributed by atoms with Crippen molar-refractivity contribution in [2.45, 2.75) is 31.3 Å². The van der Waals surface area contributed by atoms with Crippen LogP contribution in [-0.2, 0) is 43.9 Å². The first-order valence-corrected chi connectivity index (χ1v) is 15.8. The van der Waals surface area contributed by atoms with Crippen LogP contribution in [0, 0.1) is 0 Å². The standard InChI is InChI=1S/C30H33FN6O8S/c1-4-20-5-6-23(44-18-27(38)36-7-9-43-10-8-36)26(13-20)46(40,41)35-29-28-24(42-3)11-21(12-25(28)45-34-29)16-37-17-22(15-33-37)14-32-30(39)19(2)31/h5-6,11-13,15,17H,2,4,7-10,14,16,18H2,1,3H3,(H,32,39)(H,34,35). The number of carbonyl (C=O) groups is 2. The highest BCUT2D eigenvalue weighted by atomic mass is 32.2. The van der Waals surface area contributed by atoms with Crippen LogP contribution in [0.25, 0.3) is 11.0 Å². The van der Waals surface area contributed by atoms with Crippen molar-refractivity contribution in [2.24, 2.45) is 0 Å². The first kappa shape index (κ1) is 32.4. The van der Waals surface area contributed by atoms with E-state index in [2.05, 4.69) is 26.9 Å². The van der Waals surface area contributed by atoms with Gasteiger partial charge in [0.05, 0.1) is 33.1 Å². The Bertz CT molecular complexity index is 1870. The number of carbonyl (C=O) groups excluding carboxylic acids is 2. The second-order valence-corrected chi connectivity index (χ2v) is 12.0. The van der Waals surface area contributed by atoms with E-state index in [-0.39, 0.29) is 47.6 Å². The molecule has 16 heteroatoms. The molecule has 1 aliphatic heterocycles. The molecule has 1 saturated heterocycles. The third-order valence-corrected chi connectivity index (χ3v) is 8.56. The van der Waals surface area contributed by atoms with Gasteiger partial charge in [0.15, 0.2) is 23.8 Å². The fraction of sp³-hybridized carbons (Fsp3) is 0.333. The molecule has 0 saturated carbocycles. The molecule has 2 amide bonds. The van der Waals surface area contributed by atoms with Gasteiger partial charge in [0.2, 0.25) is 0 Å². The summed E-state index contributed by atoms with van der Waals surface area (Å²) in [7, 11) is -2.85. The van der Waals surface area contributed by atoms with Crippen LogP contribution in [0.4, 0.5) is 10.2 Å².